The normalized spacial score (nSPS) is 29.1. The standard InChI is InChI=1S/C12H23NO/c1-9(2)12(14)13-7-5-6-10(3)11(4)8-13/h9-11H,5-8H2,1-4H3. The Bertz CT molecular complexity index is 200. The Hall–Kier alpha value is -0.530. The molecule has 0 bridgehead atoms. The molecular formula is C12H23NO. The van der Waals surface area contributed by atoms with Crippen molar-refractivity contribution in [2.24, 2.45) is 17.8 Å². The molecule has 0 spiro atoms. The summed E-state index contributed by atoms with van der Waals surface area (Å²) in [6, 6.07) is 0. The SMILES string of the molecule is CC(C)C(=O)N1CCCC(C)C(C)C1. The fourth-order valence-corrected chi connectivity index (χ4v) is 2.07. The summed E-state index contributed by atoms with van der Waals surface area (Å²) >= 11 is 0. The number of nitrogens with zero attached hydrogens (tertiary/aromatic N) is 1. The van der Waals surface area contributed by atoms with Gasteiger partial charge in [0, 0.05) is 19.0 Å². The summed E-state index contributed by atoms with van der Waals surface area (Å²) in [6.07, 6.45) is 2.44. The summed E-state index contributed by atoms with van der Waals surface area (Å²) in [5.74, 6) is 1.89. The van der Waals surface area contributed by atoms with Gasteiger partial charge in [-0.05, 0) is 24.7 Å². The monoisotopic (exact) mass is 197 g/mol. The summed E-state index contributed by atoms with van der Waals surface area (Å²) in [5, 5.41) is 0. The van der Waals surface area contributed by atoms with Crippen LogP contribution in [-0.2, 0) is 4.79 Å². The maximum absolute atomic E-state index is 11.8. The van der Waals surface area contributed by atoms with Crippen molar-refractivity contribution >= 4 is 5.91 Å². The van der Waals surface area contributed by atoms with E-state index in [0.717, 1.165) is 19.0 Å². The molecule has 2 atom stereocenters. The molecule has 1 heterocycles. The van der Waals surface area contributed by atoms with Crippen molar-refractivity contribution in [3.05, 3.63) is 0 Å². The number of amides is 1. The van der Waals surface area contributed by atoms with Gasteiger partial charge >= 0.3 is 0 Å². The topological polar surface area (TPSA) is 20.3 Å². The first-order chi connectivity index (χ1) is 6.52. The van der Waals surface area contributed by atoms with Gasteiger partial charge in [0.25, 0.3) is 0 Å². The third-order valence-corrected chi connectivity index (χ3v) is 3.37. The van der Waals surface area contributed by atoms with Crippen LogP contribution >= 0.6 is 0 Å². The van der Waals surface area contributed by atoms with Crippen molar-refractivity contribution in [3.8, 4) is 0 Å². The number of hydrogen-bond acceptors (Lipinski definition) is 1. The third kappa shape index (κ3) is 2.73. The second kappa shape index (κ2) is 4.81. The van der Waals surface area contributed by atoms with Crippen LogP contribution in [0.15, 0.2) is 0 Å². The van der Waals surface area contributed by atoms with Crippen LogP contribution in [0.4, 0.5) is 0 Å². The third-order valence-electron chi connectivity index (χ3n) is 3.37. The Morgan fingerprint density at radius 2 is 1.93 bits per heavy atom. The molecule has 0 N–H and O–H groups in total. The number of hydrogen-bond donors (Lipinski definition) is 0. The van der Waals surface area contributed by atoms with Crippen LogP contribution in [0.25, 0.3) is 0 Å². The first-order valence-electron chi connectivity index (χ1n) is 5.81. The average molecular weight is 197 g/mol. The van der Waals surface area contributed by atoms with Gasteiger partial charge in [-0.1, -0.05) is 27.7 Å². The Kier molecular flexibility index (Phi) is 3.97. The molecule has 1 aliphatic rings. The van der Waals surface area contributed by atoms with Gasteiger partial charge in [0.2, 0.25) is 5.91 Å². The van der Waals surface area contributed by atoms with Crippen molar-refractivity contribution in [1.82, 2.24) is 4.90 Å². The summed E-state index contributed by atoms with van der Waals surface area (Å²) in [4.78, 5) is 13.9. The minimum atomic E-state index is 0.149. The smallest absolute Gasteiger partial charge is 0.225 e. The molecular weight excluding hydrogens is 174 g/mol. The molecule has 1 aliphatic heterocycles. The second-order valence-corrected chi connectivity index (χ2v) is 5.04. The highest BCUT2D eigenvalue weighted by molar-refractivity contribution is 5.78. The van der Waals surface area contributed by atoms with Gasteiger partial charge in [0.05, 0.1) is 0 Å². The zero-order chi connectivity index (χ0) is 10.7. The zero-order valence-electron chi connectivity index (χ0n) is 9.92. The molecule has 82 valence electrons. The predicted molar refractivity (Wildman–Crippen MR) is 59.0 cm³/mol. The van der Waals surface area contributed by atoms with E-state index in [-0.39, 0.29) is 5.92 Å². The molecule has 2 nitrogen and oxygen atoms in total. The molecule has 1 fully saturated rings. The molecule has 0 aromatic heterocycles. The van der Waals surface area contributed by atoms with E-state index >= 15 is 0 Å². The van der Waals surface area contributed by atoms with E-state index in [9.17, 15) is 4.79 Å². The number of carbonyl (C=O) groups excluding carboxylic acids is 1. The molecule has 0 saturated carbocycles. The van der Waals surface area contributed by atoms with Crippen LogP contribution in [0, 0.1) is 17.8 Å². The van der Waals surface area contributed by atoms with Crippen molar-refractivity contribution in [2.75, 3.05) is 13.1 Å². The quantitative estimate of drug-likeness (QED) is 0.632. The van der Waals surface area contributed by atoms with E-state index in [1.807, 2.05) is 13.8 Å². The Morgan fingerprint density at radius 1 is 1.29 bits per heavy atom. The molecule has 14 heavy (non-hydrogen) atoms. The Labute approximate surface area is 87.7 Å². The highest BCUT2D eigenvalue weighted by Crippen LogP contribution is 2.23. The van der Waals surface area contributed by atoms with Crippen molar-refractivity contribution in [2.45, 2.75) is 40.5 Å². The summed E-state index contributed by atoms with van der Waals surface area (Å²) in [6.45, 7) is 10.5. The minimum Gasteiger partial charge on any atom is -0.342 e. The molecule has 2 heteroatoms. The number of likely N-dealkylation sites (tertiary alicyclic amines) is 1. The van der Waals surface area contributed by atoms with Gasteiger partial charge in [0.15, 0.2) is 0 Å². The maximum Gasteiger partial charge on any atom is 0.225 e. The molecule has 1 saturated heterocycles. The van der Waals surface area contributed by atoms with Crippen LogP contribution in [0.5, 0.6) is 0 Å². The van der Waals surface area contributed by atoms with E-state index in [0.29, 0.717) is 11.8 Å². The maximum atomic E-state index is 11.8. The number of rotatable bonds is 1. The summed E-state index contributed by atoms with van der Waals surface area (Å²) in [5.41, 5.74) is 0. The first kappa shape index (κ1) is 11.5. The van der Waals surface area contributed by atoms with Crippen LogP contribution in [0.2, 0.25) is 0 Å². The summed E-state index contributed by atoms with van der Waals surface area (Å²) in [7, 11) is 0. The van der Waals surface area contributed by atoms with E-state index in [1.54, 1.807) is 0 Å². The van der Waals surface area contributed by atoms with Gasteiger partial charge in [-0.3, -0.25) is 4.79 Å². The Balaban J connectivity index is 2.58. The summed E-state index contributed by atoms with van der Waals surface area (Å²) < 4.78 is 0. The molecule has 0 radical (unpaired) electrons. The average Bonchev–Trinajstić information content (AvgIpc) is 2.28. The highest BCUT2D eigenvalue weighted by Gasteiger charge is 2.24. The highest BCUT2D eigenvalue weighted by atomic mass is 16.2. The van der Waals surface area contributed by atoms with Crippen molar-refractivity contribution in [3.63, 3.8) is 0 Å². The van der Waals surface area contributed by atoms with Crippen LogP contribution < -0.4 is 0 Å². The fourth-order valence-electron chi connectivity index (χ4n) is 2.07. The zero-order valence-corrected chi connectivity index (χ0v) is 9.92. The molecule has 2 unspecified atom stereocenters. The second-order valence-electron chi connectivity index (χ2n) is 5.04. The Morgan fingerprint density at radius 3 is 2.50 bits per heavy atom. The lowest BCUT2D eigenvalue weighted by atomic mass is 9.93. The predicted octanol–water partition coefficient (Wildman–Crippen LogP) is 2.54. The van der Waals surface area contributed by atoms with E-state index in [2.05, 4.69) is 18.7 Å². The van der Waals surface area contributed by atoms with Crippen molar-refractivity contribution in [1.29, 1.82) is 0 Å². The lowest BCUT2D eigenvalue weighted by Gasteiger charge is -2.25. The van der Waals surface area contributed by atoms with E-state index in [4.69, 9.17) is 0 Å². The molecule has 1 amide bonds. The molecule has 0 aromatic carbocycles. The van der Waals surface area contributed by atoms with Gasteiger partial charge in [0.1, 0.15) is 0 Å². The van der Waals surface area contributed by atoms with Crippen LogP contribution in [0.3, 0.4) is 0 Å². The molecule has 0 aliphatic carbocycles. The van der Waals surface area contributed by atoms with Gasteiger partial charge < -0.3 is 4.90 Å². The van der Waals surface area contributed by atoms with Gasteiger partial charge in [-0.25, -0.2) is 0 Å². The first-order valence-corrected chi connectivity index (χ1v) is 5.81. The lowest BCUT2D eigenvalue weighted by molar-refractivity contribution is -0.134. The minimum absolute atomic E-state index is 0.149. The fraction of sp³-hybridized carbons (Fsp3) is 0.917. The van der Waals surface area contributed by atoms with Crippen molar-refractivity contribution < 1.29 is 4.79 Å². The molecule has 1 rings (SSSR count). The largest absolute Gasteiger partial charge is 0.342 e. The van der Waals surface area contributed by atoms with E-state index < -0.39 is 0 Å². The lowest BCUT2D eigenvalue weighted by Crippen LogP contribution is -2.37. The van der Waals surface area contributed by atoms with Crippen LogP contribution in [0.1, 0.15) is 40.5 Å². The van der Waals surface area contributed by atoms with Gasteiger partial charge in [-0.2, -0.15) is 0 Å². The van der Waals surface area contributed by atoms with Crippen LogP contribution in [-0.4, -0.2) is 23.9 Å². The number of carbonyl (C=O) groups is 1. The van der Waals surface area contributed by atoms with Gasteiger partial charge in [-0.15, -0.1) is 0 Å². The van der Waals surface area contributed by atoms with E-state index in [1.165, 1.54) is 12.8 Å². The molecule has 0 aromatic rings.